The quantitative estimate of drug-likeness (QED) is 0.761. The zero-order valence-corrected chi connectivity index (χ0v) is 7.68. The van der Waals surface area contributed by atoms with Gasteiger partial charge in [0.1, 0.15) is 23.4 Å². The van der Waals surface area contributed by atoms with E-state index in [2.05, 4.69) is 5.10 Å². The van der Waals surface area contributed by atoms with E-state index >= 15 is 0 Å². The van der Waals surface area contributed by atoms with Gasteiger partial charge in [-0.1, -0.05) is 12.1 Å². The smallest absolute Gasteiger partial charge is 0.165 e. The highest BCUT2D eigenvalue weighted by molar-refractivity contribution is 5.45. The van der Waals surface area contributed by atoms with Gasteiger partial charge in [-0.25, -0.2) is 9.07 Å². The number of para-hydroxylation sites is 1. The molecule has 0 atom stereocenters. The second-order valence-corrected chi connectivity index (χ2v) is 2.93. The van der Waals surface area contributed by atoms with Crippen molar-refractivity contribution >= 4 is 5.82 Å². The Labute approximate surface area is 85.4 Å². The van der Waals surface area contributed by atoms with Crippen molar-refractivity contribution in [3.05, 3.63) is 41.8 Å². The van der Waals surface area contributed by atoms with Crippen LogP contribution in [0.25, 0.3) is 5.69 Å². The van der Waals surface area contributed by atoms with Crippen molar-refractivity contribution < 1.29 is 4.39 Å². The zero-order chi connectivity index (χ0) is 10.8. The zero-order valence-electron chi connectivity index (χ0n) is 7.68. The van der Waals surface area contributed by atoms with Crippen molar-refractivity contribution in [3.8, 4) is 11.8 Å². The molecule has 0 aliphatic rings. The summed E-state index contributed by atoms with van der Waals surface area (Å²) in [6, 6.07) is 9.33. The Balaban J connectivity index is 2.60. The molecule has 0 fully saturated rings. The molecule has 2 aromatic rings. The summed E-state index contributed by atoms with van der Waals surface area (Å²) in [5, 5.41) is 12.5. The van der Waals surface area contributed by atoms with Crippen molar-refractivity contribution in [3.63, 3.8) is 0 Å². The minimum Gasteiger partial charge on any atom is -0.384 e. The molecule has 74 valence electrons. The lowest BCUT2D eigenvalue weighted by Gasteiger charge is -2.03. The second-order valence-electron chi connectivity index (χ2n) is 2.93. The van der Waals surface area contributed by atoms with Crippen LogP contribution >= 0.6 is 0 Å². The normalized spacial score (nSPS) is 9.87. The number of hydrogen-bond acceptors (Lipinski definition) is 3. The summed E-state index contributed by atoms with van der Waals surface area (Å²) in [5.41, 5.74) is 6.00. The third-order valence-electron chi connectivity index (χ3n) is 1.93. The standard InChI is InChI=1S/C10H7FN4/c11-8-3-1-2-4-9(8)15-10(13)5-7(6-12)14-15/h1-5H,13H2. The molecule has 0 amide bonds. The molecular weight excluding hydrogens is 195 g/mol. The van der Waals surface area contributed by atoms with Gasteiger partial charge in [-0.15, -0.1) is 0 Å². The van der Waals surface area contributed by atoms with Gasteiger partial charge in [0, 0.05) is 6.07 Å². The number of rotatable bonds is 1. The van der Waals surface area contributed by atoms with Gasteiger partial charge in [-0.3, -0.25) is 0 Å². The minimum absolute atomic E-state index is 0.163. The number of anilines is 1. The Morgan fingerprint density at radius 3 is 2.73 bits per heavy atom. The van der Waals surface area contributed by atoms with Gasteiger partial charge >= 0.3 is 0 Å². The Morgan fingerprint density at radius 2 is 2.13 bits per heavy atom. The van der Waals surface area contributed by atoms with Crippen LogP contribution in [0.3, 0.4) is 0 Å². The van der Waals surface area contributed by atoms with Gasteiger partial charge < -0.3 is 5.73 Å². The van der Waals surface area contributed by atoms with E-state index in [0.29, 0.717) is 0 Å². The molecule has 0 bridgehead atoms. The summed E-state index contributed by atoms with van der Waals surface area (Å²) in [6.45, 7) is 0. The highest BCUT2D eigenvalue weighted by Crippen LogP contribution is 2.16. The fraction of sp³-hybridized carbons (Fsp3) is 0. The Morgan fingerprint density at radius 1 is 1.40 bits per heavy atom. The fourth-order valence-electron chi connectivity index (χ4n) is 1.27. The number of aromatic nitrogens is 2. The number of halogens is 1. The lowest BCUT2D eigenvalue weighted by molar-refractivity contribution is 0.611. The third kappa shape index (κ3) is 1.53. The maximum absolute atomic E-state index is 13.4. The summed E-state index contributed by atoms with van der Waals surface area (Å²) >= 11 is 0. The summed E-state index contributed by atoms with van der Waals surface area (Å²) < 4.78 is 14.6. The van der Waals surface area contributed by atoms with E-state index in [1.807, 2.05) is 6.07 Å². The summed E-state index contributed by atoms with van der Waals surface area (Å²) in [5.74, 6) is -0.201. The largest absolute Gasteiger partial charge is 0.384 e. The van der Waals surface area contributed by atoms with Gasteiger partial charge in [-0.2, -0.15) is 10.4 Å². The van der Waals surface area contributed by atoms with Crippen LogP contribution in [0, 0.1) is 17.1 Å². The molecule has 1 heterocycles. The van der Waals surface area contributed by atoms with E-state index in [4.69, 9.17) is 11.0 Å². The van der Waals surface area contributed by atoms with Crippen LogP contribution in [0.2, 0.25) is 0 Å². The molecule has 4 nitrogen and oxygen atoms in total. The molecule has 2 rings (SSSR count). The van der Waals surface area contributed by atoms with Gasteiger partial charge in [0.25, 0.3) is 0 Å². The SMILES string of the molecule is N#Cc1cc(N)n(-c2ccccc2F)n1. The molecule has 0 aliphatic heterocycles. The molecule has 0 saturated carbocycles. The summed E-state index contributed by atoms with van der Waals surface area (Å²) in [4.78, 5) is 0. The molecule has 0 radical (unpaired) electrons. The van der Waals surface area contributed by atoms with Crippen molar-refractivity contribution in [1.82, 2.24) is 9.78 Å². The average Bonchev–Trinajstić information content (AvgIpc) is 2.60. The maximum Gasteiger partial charge on any atom is 0.165 e. The number of benzene rings is 1. The molecule has 5 heteroatoms. The molecule has 0 saturated heterocycles. The number of nitrogen functional groups attached to an aromatic ring is 1. The number of nitrogens with zero attached hydrogens (tertiary/aromatic N) is 3. The number of nitrogens with two attached hydrogens (primary N) is 1. The lowest BCUT2D eigenvalue weighted by Crippen LogP contribution is -2.03. The van der Waals surface area contributed by atoms with Gasteiger partial charge in [0.15, 0.2) is 5.69 Å². The Kier molecular flexibility index (Phi) is 2.10. The Hall–Kier alpha value is -2.35. The van der Waals surface area contributed by atoms with Crippen molar-refractivity contribution in [2.75, 3.05) is 5.73 Å². The van der Waals surface area contributed by atoms with Crippen LogP contribution in [0.5, 0.6) is 0 Å². The molecule has 1 aromatic heterocycles. The van der Waals surface area contributed by atoms with Crippen LogP contribution in [0.4, 0.5) is 10.2 Å². The molecule has 15 heavy (non-hydrogen) atoms. The van der Waals surface area contributed by atoms with E-state index in [1.54, 1.807) is 18.2 Å². The molecule has 0 aliphatic carbocycles. The summed E-state index contributed by atoms with van der Waals surface area (Å²) in [7, 11) is 0. The van der Waals surface area contributed by atoms with Crippen LogP contribution in [0.1, 0.15) is 5.69 Å². The first-order valence-corrected chi connectivity index (χ1v) is 4.23. The Bertz CT molecular complexity index is 539. The number of hydrogen-bond donors (Lipinski definition) is 1. The second kappa shape index (κ2) is 3.42. The molecule has 0 unspecified atom stereocenters. The van der Waals surface area contributed by atoms with E-state index in [0.717, 1.165) is 0 Å². The van der Waals surface area contributed by atoms with Gasteiger partial charge in [0.05, 0.1) is 0 Å². The van der Waals surface area contributed by atoms with Crippen molar-refractivity contribution in [2.45, 2.75) is 0 Å². The molecule has 2 N–H and O–H groups in total. The van der Waals surface area contributed by atoms with E-state index in [9.17, 15) is 4.39 Å². The van der Waals surface area contributed by atoms with Crippen LogP contribution in [-0.2, 0) is 0 Å². The minimum atomic E-state index is -0.434. The lowest BCUT2D eigenvalue weighted by atomic mass is 10.3. The molecule has 0 spiro atoms. The van der Waals surface area contributed by atoms with E-state index in [1.165, 1.54) is 16.8 Å². The first-order valence-electron chi connectivity index (χ1n) is 4.23. The van der Waals surface area contributed by atoms with Crippen LogP contribution < -0.4 is 5.73 Å². The molecule has 1 aromatic carbocycles. The predicted molar refractivity (Wildman–Crippen MR) is 52.6 cm³/mol. The topological polar surface area (TPSA) is 67.6 Å². The van der Waals surface area contributed by atoms with Crippen molar-refractivity contribution in [2.24, 2.45) is 0 Å². The predicted octanol–water partition coefficient (Wildman–Crippen LogP) is 1.47. The average molecular weight is 202 g/mol. The third-order valence-corrected chi connectivity index (χ3v) is 1.93. The number of nitriles is 1. The van der Waals surface area contributed by atoms with E-state index < -0.39 is 5.82 Å². The van der Waals surface area contributed by atoms with Crippen LogP contribution in [-0.4, -0.2) is 9.78 Å². The van der Waals surface area contributed by atoms with Gasteiger partial charge in [-0.05, 0) is 12.1 Å². The monoisotopic (exact) mass is 202 g/mol. The van der Waals surface area contributed by atoms with Crippen molar-refractivity contribution in [1.29, 1.82) is 5.26 Å². The first-order chi connectivity index (χ1) is 7.22. The highest BCUT2D eigenvalue weighted by atomic mass is 19.1. The first kappa shape index (κ1) is 9.21. The fourth-order valence-corrected chi connectivity index (χ4v) is 1.27. The maximum atomic E-state index is 13.4. The van der Waals surface area contributed by atoms with E-state index in [-0.39, 0.29) is 17.2 Å². The summed E-state index contributed by atoms with van der Waals surface area (Å²) in [6.07, 6.45) is 0. The highest BCUT2D eigenvalue weighted by Gasteiger charge is 2.09. The van der Waals surface area contributed by atoms with Gasteiger partial charge in [0.2, 0.25) is 0 Å². The van der Waals surface area contributed by atoms with Crippen LogP contribution in [0.15, 0.2) is 30.3 Å². The molecular formula is C10H7FN4.